The smallest absolute Gasteiger partial charge is 0.416 e. The molecule has 0 atom stereocenters. The lowest BCUT2D eigenvalue weighted by Crippen LogP contribution is -2.03. The summed E-state index contributed by atoms with van der Waals surface area (Å²) >= 11 is 0. The average molecular weight is 383 g/mol. The van der Waals surface area contributed by atoms with Crippen LogP contribution in [-0.4, -0.2) is 15.1 Å². The van der Waals surface area contributed by atoms with E-state index in [2.05, 4.69) is 15.1 Å². The summed E-state index contributed by atoms with van der Waals surface area (Å²) in [6.45, 7) is 0. The van der Waals surface area contributed by atoms with E-state index in [1.165, 1.54) is 12.1 Å². The van der Waals surface area contributed by atoms with E-state index in [1.807, 2.05) is 0 Å². The van der Waals surface area contributed by atoms with Gasteiger partial charge in [-0.15, -0.1) is 0 Å². The van der Waals surface area contributed by atoms with E-state index in [-0.39, 0.29) is 0 Å². The SMILES string of the molecule is FC(F)(F)c1ccc(Oc2ccc(-c3noc(-c4ccncc4)n3)cc2)cc1. The van der Waals surface area contributed by atoms with Crippen LogP contribution in [-0.2, 0) is 6.18 Å². The minimum Gasteiger partial charge on any atom is -0.457 e. The lowest BCUT2D eigenvalue weighted by atomic mass is 10.2. The molecule has 0 saturated carbocycles. The van der Waals surface area contributed by atoms with Crippen molar-refractivity contribution in [3.8, 4) is 34.3 Å². The van der Waals surface area contributed by atoms with Crippen molar-refractivity contribution in [3.63, 3.8) is 0 Å². The molecule has 140 valence electrons. The Labute approximate surface area is 157 Å². The number of nitrogens with zero attached hydrogens (tertiary/aromatic N) is 3. The Balaban J connectivity index is 1.48. The Morgan fingerprint density at radius 2 is 1.36 bits per heavy atom. The van der Waals surface area contributed by atoms with Crippen LogP contribution in [0.2, 0.25) is 0 Å². The normalized spacial score (nSPS) is 11.4. The van der Waals surface area contributed by atoms with Crippen LogP contribution in [0.1, 0.15) is 5.56 Å². The van der Waals surface area contributed by atoms with Crippen molar-refractivity contribution in [1.29, 1.82) is 0 Å². The highest BCUT2D eigenvalue weighted by Crippen LogP contribution is 2.32. The second kappa shape index (κ2) is 7.15. The first-order valence-corrected chi connectivity index (χ1v) is 8.19. The van der Waals surface area contributed by atoms with Crippen LogP contribution in [0.25, 0.3) is 22.8 Å². The molecule has 2 aromatic heterocycles. The molecule has 4 aromatic rings. The number of hydrogen-bond donors (Lipinski definition) is 0. The van der Waals surface area contributed by atoms with E-state index in [0.29, 0.717) is 28.8 Å². The van der Waals surface area contributed by atoms with Gasteiger partial charge in [-0.2, -0.15) is 18.2 Å². The van der Waals surface area contributed by atoms with Crippen molar-refractivity contribution in [2.75, 3.05) is 0 Å². The third kappa shape index (κ3) is 3.85. The van der Waals surface area contributed by atoms with Crippen molar-refractivity contribution in [1.82, 2.24) is 15.1 Å². The highest BCUT2D eigenvalue weighted by molar-refractivity contribution is 5.60. The van der Waals surface area contributed by atoms with Crippen molar-refractivity contribution >= 4 is 0 Å². The third-order valence-corrected chi connectivity index (χ3v) is 3.88. The highest BCUT2D eigenvalue weighted by Gasteiger charge is 2.30. The van der Waals surface area contributed by atoms with Crippen LogP contribution in [0.3, 0.4) is 0 Å². The van der Waals surface area contributed by atoms with E-state index in [4.69, 9.17) is 9.26 Å². The van der Waals surface area contributed by atoms with Crippen LogP contribution >= 0.6 is 0 Å². The zero-order valence-corrected chi connectivity index (χ0v) is 14.2. The molecule has 2 aromatic carbocycles. The summed E-state index contributed by atoms with van der Waals surface area (Å²) in [7, 11) is 0. The molecule has 0 aliphatic carbocycles. The lowest BCUT2D eigenvalue weighted by Gasteiger charge is -2.09. The van der Waals surface area contributed by atoms with Gasteiger partial charge in [-0.3, -0.25) is 4.98 Å². The molecule has 0 amide bonds. The molecule has 0 fully saturated rings. The fourth-order valence-electron chi connectivity index (χ4n) is 2.47. The quantitative estimate of drug-likeness (QED) is 0.458. The van der Waals surface area contributed by atoms with Crippen molar-refractivity contribution in [2.24, 2.45) is 0 Å². The van der Waals surface area contributed by atoms with Crippen LogP contribution in [0, 0.1) is 0 Å². The number of ether oxygens (including phenoxy) is 1. The van der Waals surface area contributed by atoms with Gasteiger partial charge in [-0.1, -0.05) is 5.16 Å². The summed E-state index contributed by atoms with van der Waals surface area (Å²) in [6, 6.07) is 14.9. The monoisotopic (exact) mass is 383 g/mol. The largest absolute Gasteiger partial charge is 0.457 e. The number of alkyl halides is 3. The number of halogens is 3. The molecule has 0 bridgehead atoms. The Kier molecular flexibility index (Phi) is 4.52. The van der Waals surface area contributed by atoms with Crippen molar-refractivity contribution < 1.29 is 22.4 Å². The Morgan fingerprint density at radius 3 is 1.96 bits per heavy atom. The molecule has 0 aliphatic heterocycles. The number of pyridine rings is 1. The molecule has 0 aliphatic rings. The van der Waals surface area contributed by atoms with Crippen LogP contribution < -0.4 is 4.74 Å². The second-order valence-electron chi connectivity index (χ2n) is 5.81. The Bertz CT molecular complexity index is 1060. The fourth-order valence-corrected chi connectivity index (χ4v) is 2.47. The molecule has 0 saturated heterocycles. The molecule has 4 rings (SSSR count). The van der Waals surface area contributed by atoms with Gasteiger partial charge in [-0.25, -0.2) is 0 Å². The summed E-state index contributed by atoms with van der Waals surface area (Å²) < 4.78 is 48.6. The van der Waals surface area contributed by atoms with Gasteiger partial charge in [0.05, 0.1) is 5.56 Å². The van der Waals surface area contributed by atoms with Gasteiger partial charge < -0.3 is 9.26 Å². The summed E-state index contributed by atoms with van der Waals surface area (Å²) in [5.41, 5.74) is 0.747. The highest BCUT2D eigenvalue weighted by atomic mass is 19.4. The minimum atomic E-state index is -4.38. The van der Waals surface area contributed by atoms with E-state index < -0.39 is 11.7 Å². The summed E-state index contributed by atoms with van der Waals surface area (Å²) in [6.07, 6.45) is -1.11. The van der Waals surface area contributed by atoms with E-state index in [0.717, 1.165) is 17.7 Å². The van der Waals surface area contributed by atoms with Crippen LogP contribution in [0.5, 0.6) is 11.5 Å². The number of benzene rings is 2. The van der Waals surface area contributed by atoms with E-state index in [9.17, 15) is 13.2 Å². The molecule has 0 unspecified atom stereocenters. The predicted octanol–water partition coefficient (Wildman–Crippen LogP) is 5.61. The minimum absolute atomic E-state index is 0.306. The van der Waals surface area contributed by atoms with Gasteiger partial charge in [0.25, 0.3) is 5.89 Å². The average Bonchev–Trinajstić information content (AvgIpc) is 3.19. The zero-order valence-electron chi connectivity index (χ0n) is 14.2. The standard InChI is InChI=1S/C20H12F3N3O2/c21-20(22,23)15-3-7-17(8-4-15)27-16-5-1-13(2-6-16)18-25-19(28-26-18)14-9-11-24-12-10-14/h1-12H. The van der Waals surface area contributed by atoms with Crippen LogP contribution in [0.4, 0.5) is 13.2 Å². The topological polar surface area (TPSA) is 61.0 Å². The number of hydrogen-bond acceptors (Lipinski definition) is 5. The molecule has 28 heavy (non-hydrogen) atoms. The first-order valence-electron chi connectivity index (χ1n) is 8.19. The molecule has 0 N–H and O–H groups in total. The number of rotatable bonds is 4. The first kappa shape index (κ1) is 17.7. The molecule has 0 spiro atoms. The van der Waals surface area contributed by atoms with Gasteiger partial charge >= 0.3 is 6.18 Å². The van der Waals surface area contributed by atoms with Gasteiger partial charge in [0.15, 0.2) is 0 Å². The molecule has 8 heteroatoms. The number of aromatic nitrogens is 3. The Morgan fingerprint density at radius 1 is 0.750 bits per heavy atom. The molecule has 5 nitrogen and oxygen atoms in total. The summed E-state index contributed by atoms with van der Waals surface area (Å²) in [5.74, 6) is 1.57. The second-order valence-corrected chi connectivity index (χ2v) is 5.81. The first-order chi connectivity index (χ1) is 13.5. The molecule has 0 radical (unpaired) electrons. The molecular weight excluding hydrogens is 371 g/mol. The van der Waals surface area contributed by atoms with E-state index >= 15 is 0 Å². The van der Waals surface area contributed by atoms with Gasteiger partial charge in [0.2, 0.25) is 5.82 Å². The predicted molar refractivity (Wildman–Crippen MR) is 94.5 cm³/mol. The lowest BCUT2D eigenvalue weighted by molar-refractivity contribution is -0.137. The van der Waals surface area contributed by atoms with E-state index in [1.54, 1.807) is 48.8 Å². The van der Waals surface area contributed by atoms with Gasteiger partial charge in [0.1, 0.15) is 11.5 Å². The summed E-state index contributed by atoms with van der Waals surface area (Å²) in [5, 5.41) is 3.96. The van der Waals surface area contributed by atoms with Gasteiger partial charge in [-0.05, 0) is 60.7 Å². The van der Waals surface area contributed by atoms with Gasteiger partial charge in [0, 0.05) is 23.5 Å². The zero-order chi connectivity index (χ0) is 19.6. The maximum Gasteiger partial charge on any atom is 0.416 e. The molecule has 2 heterocycles. The van der Waals surface area contributed by atoms with Crippen LogP contribution in [0.15, 0.2) is 77.6 Å². The maximum absolute atomic E-state index is 12.6. The van der Waals surface area contributed by atoms with Crippen molar-refractivity contribution in [2.45, 2.75) is 6.18 Å². The third-order valence-electron chi connectivity index (χ3n) is 3.88. The summed E-state index contributed by atoms with van der Waals surface area (Å²) in [4.78, 5) is 8.28. The maximum atomic E-state index is 12.6. The fraction of sp³-hybridized carbons (Fsp3) is 0.0500. The van der Waals surface area contributed by atoms with Crippen molar-refractivity contribution in [3.05, 3.63) is 78.6 Å². The Hall–Kier alpha value is -3.68. The molecular formula is C20H12F3N3O2.